The first-order valence-electron chi connectivity index (χ1n) is 6.92. The van der Waals surface area contributed by atoms with Gasteiger partial charge in [-0.05, 0) is 23.3 Å². The molecule has 5 nitrogen and oxygen atoms in total. The Morgan fingerprint density at radius 3 is 2.62 bits per heavy atom. The number of hydrogen-bond donors (Lipinski definition) is 1. The summed E-state index contributed by atoms with van der Waals surface area (Å²) in [6.07, 6.45) is 0. The van der Waals surface area contributed by atoms with Crippen molar-refractivity contribution in [2.24, 2.45) is 11.8 Å². The molecule has 3 rings (SSSR count). The smallest absolute Gasteiger partial charge is 0.264 e. The summed E-state index contributed by atoms with van der Waals surface area (Å²) in [6.45, 7) is 3.86. The Morgan fingerprint density at radius 2 is 2.05 bits per heavy atom. The molecule has 0 unspecified atom stereocenters. The number of rotatable bonds is 3. The van der Waals surface area contributed by atoms with Crippen molar-refractivity contribution in [2.45, 2.75) is 0 Å². The highest BCUT2D eigenvalue weighted by Gasteiger charge is 2.38. The van der Waals surface area contributed by atoms with Gasteiger partial charge < -0.3 is 15.1 Å². The Labute approximate surface area is 134 Å². The molecule has 21 heavy (non-hydrogen) atoms. The number of hydrogen-bond acceptors (Lipinski definition) is 4. The first-order chi connectivity index (χ1) is 9.65. The summed E-state index contributed by atoms with van der Waals surface area (Å²) in [7, 11) is 1.69. The zero-order chi connectivity index (χ0) is 14.1. The zero-order valence-electron chi connectivity index (χ0n) is 11.9. The van der Waals surface area contributed by atoms with Gasteiger partial charge in [-0.3, -0.25) is 9.59 Å². The molecule has 2 aliphatic heterocycles. The fraction of sp³-hybridized carbons (Fsp3) is 0.571. The monoisotopic (exact) mass is 329 g/mol. The van der Waals surface area contributed by atoms with E-state index >= 15 is 0 Å². The SMILES string of the molecule is CN(CC(=O)N1C[C@H]2CNC[C@H]2C1)C(=O)c1cccs1.Cl. The van der Waals surface area contributed by atoms with Gasteiger partial charge in [-0.2, -0.15) is 0 Å². The molecule has 1 aromatic rings. The summed E-state index contributed by atoms with van der Waals surface area (Å²) in [6, 6.07) is 3.64. The van der Waals surface area contributed by atoms with E-state index in [9.17, 15) is 9.59 Å². The fourth-order valence-corrected chi connectivity index (χ4v) is 3.74. The van der Waals surface area contributed by atoms with Crippen molar-refractivity contribution in [1.82, 2.24) is 15.1 Å². The van der Waals surface area contributed by atoms with Gasteiger partial charge in [0, 0.05) is 33.2 Å². The average Bonchev–Trinajstić information content (AvgIpc) is 3.13. The number of likely N-dealkylation sites (N-methyl/N-ethyl adjacent to an activating group) is 1. The Bertz CT molecular complexity index is 496. The van der Waals surface area contributed by atoms with Crippen LogP contribution in [0.1, 0.15) is 9.67 Å². The van der Waals surface area contributed by atoms with Crippen LogP contribution in [-0.4, -0.2) is 61.4 Å². The molecular weight excluding hydrogens is 310 g/mol. The van der Waals surface area contributed by atoms with Gasteiger partial charge in [0.2, 0.25) is 5.91 Å². The normalized spacial score (nSPS) is 23.6. The van der Waals surface area contributed by atoms with Crippen LogP contribution in [0.5, 0.6) is 0 Å². The molecule has 2 atom stereocenters. The Hall–Kier alpha value is -1.11. The average molecular weight is 330 g/mol. The van der Waals surface area contributed by atoms with E-state index in [4.69, 9.17) is 0 Å². The van der Waals surface area contributed by atoms with Crippen LogP contribution < -0.4 is 5.32 Å². The second-order valence-corrected chi connectivity index (χ2v) is 6.56. The molecule has 2 saturated heterocycles. The van der Waals surface area contributed by atoms with E-state index in [0.29, 0.717) is 16.7 Å². The van der Waals surface area contributed by atoms with E-state index in [2.05, 4.69) is 5.32 Å². The highest BCUT2D eigenvalue weighted by molar-refractivity contribution is 7.12. The van der Waals surface area contributed by atoms with Gasteiger partial charge in [-0.15, -0.1) is 23.7 Å². The number of amides is 2. The molecule has 116 valence electrons. The third kappa shape index (κ3) is 3.39. The van der Waals surface area contributed by atoms with Crippen molar-refractivity contribution < 1.29 is 9.59 Å². The molecule has 0 spiro atoms. The van der Waals surface area contributed by atoms with Crippen molar-refractivity contribution in [3.63, 3.8) is 0 Å². The van der Waals surface area contributed by atoms with E-state index in [-0.39, 0.29) is 30.8 Å². The van der Waals surface area contributed by atoms with Crippen LogP contribution in [0.2, 0.25) is 0 Å². The quantitative estimate of drug-likeness (QED) is 0.897. The Morgan fingerprint density at radius 1 is 1.38 bits per heavy atom. The molecular formula is C14H20ClN3O2S. The number of likely N-dealkylation sites (tertiary alicyclic amines) is 1. The number of thiophene rings is 1. The van der Waals surface area contributed by atoms with Crippen LogP contribution in [0, 0.1) is 11.8 Å². The fourth-order valence-electron chi connectivity index (χ4n) is 3.02. The van der Waals surface area contributed by atoms with Gasteiger partial charge in [-0.1, -0.05) is 6.07 Å². The predicted octanol–water partition coefficient (Wildman–Crippen LogP) is 0.920. The molecule has 2 aliphatic rings. The minimum absolute atomic E-state index is 0. The van der Waals surface area contributed by atoms with Crippen LogP contribution in [0.15, 0.2) is 17.5 Å². The standard InChI is InChI=1S/C14H19N3O2S.ClH/c1-16(14(19)12-3-2-4-20-12)9-13(18)17-7-10-5-15-6-11(10)8-17;/h2-4,10-11,15H,5-9H2,1H3;1H/t10-,11+;. The lowest BCUT2D eigenvalue weighted by atomic mass is 10.0. The van der Waals surface area contributed by atoms with Crippen molar-refractivity contribution >= 4 is 35.6 Å². The molecule has 0 aromatic carbocycles. The van der Waals surface area contributed by atoms with Gasteiger partial charge >= 0.3 is 0 Å². The summed E-state index contributed by atoms with van der Waals surface area (Å²) < 4.78 is 0. The first-order valence-corrected chi connectivity index (χ1v) is 7.80. The second-order valence-electron chi connectivity index (χ2n) is 5.62. The molecule has 0 aliphatic carbocycles. The summed E-state index contributed by atoms with van der Waals surface area (Å²) in [5.74, 6) is 1.18. The molecule has 2 fully saturated rings. The number of fused-ring (bicyclic) bond motifs is 1. The lowest BCUT2D eigenvalue weighted by Crippen LogP contribution is -2.41. The highest BCUT2D eigenvalue weighted by Crippen LogP contribution is 2.26. The molecule has 1 aromatic heterocycles. The van der Waals surface area contributed by atoms with Crippen molar-refractivity contribution in [1.29, 1.82) is 0 Å². The lowest BCUT2D eigenvalue weighted by Gasteiger charge is -2.22. The van der Waals surface area contributed by atoms with Crippen molar-refractivity contribution in [3.8, 4) is 0 Å². The third-order valence-corrected chi connectivity index (χ3v) is 5.05. The number of carbonyl (C=O) groups is 2. The molecule has 2 amide bonds. The topological polar surface area (TPSA) is 52.7 Å². The molecule has 3 heterocycles. The summed E-state index contributed by atoms with van der Waals surface area (Å²) >= 11 is 1.41. The lowest BCUT2D eigenvalue weighted by molar-refractivity contribution is -0.130. The molecule has 0 bridgehead atoms. The van der Waals surface area contributed by atoms with Crippen LogP contribution >= 0.6 is 23.7 Å². The minimum atomic E-state index is -0.0746. The molecule has 7 heteroatoms. The van der Waals surface area contributed by atoms with Crippen LogP contribution in [0.4, 0.5) is 0 Å². The number of carbonyl (C=O) groups excluding carboxylic acids is 2. The maximum absolute atomic E-state index is 12.3. The van der Waals surface area contributed by atoms with E-state index in [0.717, 1.165) is 26.2 Å². The molecule has 1 N–H and O–H groups in total. The van der Waals surface area contributed by atoms with Crippen molar-refractivity contribution in [3.05, 3.63) is 22.4 Å². The maximum atomic E-state index is 12.3. The van der Waals surface area contributed by atoms with E-state index in [1.165, 1.54) is 16.2 Å². The highest BCUT2D eigenvalue weighted by atomic mass is 35.5. The minimum Gasteiger partial charge on any atom is -0.340 e. The largest absolute Gasteiger partial charge is 0.340 e. The second kappa shape index (κ2) is 6.77. The molecule has 0 saturated carbocycles. The maximum Gasteiger partial charge on any atom is 0.264 e. The number of nitrogens with zero attached hydrogens (tertiary/aromatic N) is 2. The Kier molecular flexibility index (Phi) is 5.24. The predicted molar refractivity (Wildman–Crippen MR) is 85.0 cm³/mol. The van der Waals surface area contributed by atoms with Gasteiger partial charge in [0.25, 0.3) is 5.91 Å². The van der Waals surface area contributed by atoms with E-state index in [1.54, 1.807) is 13.1 Å². The number of nitrogens with one attached hydrogen (secondary N) is 1. The zero-order valence-corrected chi connectivity index (χ0v) is 13.6. The number of halogens is 1. The van der Waals surface area contributed by atoms with Gasteiger partial charge in [0.15, 0.2) is 0 Å². The van der Waals surface area contributed by atoms with Gasteiger partial charge in [0.1, 0.15) is 0 Å². The molecule has 0 radical (unpaired) electrons. The summed E-state index contributed by atoms with van der Waals surface area (Å²) in [5, 5.41) is 5.23. The van der Waals surface area contributed by atoms with Gasteiger partial charge in [0.05, 0.1) is 11.4 Å². The van der Waals surface area contributed by atoms with Crippen molar-refractivity contribution in [2.75, 3.05) is 39.8 Å². The first kappa shape index (κ1) is 16.3. The van der Waals surface area contributed by atoms with Crippen LogP contribution in [-0.2, 0) is 4.79 Å². The Balaban J connectivity index is 0.00000161. The summed E-state index contributed by atoms with van der Waals surface area (Å²) in [5.41, 5.74) is 0. The van der Waals surface area contributed by atoms with Gasteiger partial charge in [-0.25, -0.2) is 0 Å². The van der Waals surface area contributed by atoms with E-state index < -0.39 is 0 Å². The van der Waals surface area contributed by atoms with E-state index in [1.807, 2.05) is 16.3 Å². The van der Waals surface area contributed by atoms with Crippen LogP contribution in [0.25, 0.3) is 0 Å². The summed E-state index contributed by atoms with van der Waals surface area (Å²) in [4.78, 5) is 28.5. The third-order valence-electron chi connectivity index (χ3n) is 4.19. The van der Waals surface area contributed by atoms with Crippen LogP contribution in [0.3, 0.4) is 0 Å².